The first-order chi connectivity index (χ1) is 6.06. The molecule has 0 fully saturated rings. The Hall–Kier alpha value is -1.05. The van der Waals surface area contributed by atoms with Crippen LogP contribution in [0, 0.1) is 0 Å². The van der Waals surface area contributed by atoms with Crippen molar-refractivity contribution in [2.75, 3.05) is 0 Å². The average Bonchev–Trinajstić information content (AvgIpc) is 2.00. The van der Waals surface area contributed by atoms with Crippen molar-refractivity contribution in [1.82, 2.24) is 0 Å². The van der Waals surface area contributed by atoms with Crippen molar-refractivity contribution >= 4 is 5.97 Å². The van der Waals surface area contributed by atoms with E-state index < -0.39 is 5.97 Å². The molecule has 0 amide bonds. The summed E-state index contributed by atoms with van der Waals surface area (Å²) in [5.41, 5.74) is 2.12. The summed E-state index contributed by atoms with van der Waals surface area (Å²) in [7, 11) is 0. The normalized spacial score (nSPS) is 11.4. The fraction of sp³-hybridized carbons (Fsp3) is 0.545. The molecule has 0 atom stereocenters. The van der Waals surface area contributed by atoms with E-state index in [-0.39, 0.29) is 6.42 Å². The SMILES string of the molecule is C=C(CC/C(C)=C\CC)CC(=O)O. The molecule has 1 N–H and O–H groups in total. The molecule has 0 aliphatic rings. The smallest absolute Gasteiger partial charge is 0.307 e. The highest BCUT2D eigenvalue weighted by Gasteiger charge is 2.01. The first-order valence-corrected chi connectivity index (χ1v) is 4.60. The Balaban J connectivity index is 3.70. The fourth-order valence-corrected chi connectivity index (χ4v) is 1.13. The minimum absolute atomic E-state index is 0.0966. The molecular formula is C11H18O2. The summed E-state index contributed by atoms with van der Waals surface area (Å²) < 4.78 is 0. The molecule has 0 aliphatic heterocycles. The van der Waals surface area contributed by atoms with Crippen LogP contribution in [0.5, 0.6) is 0 Å². The van der Waals surface area contributed by atoms with Gasteiger partial charge in [0.1, 0.15) is 0 Å². The van der Waals surface area contributed by atoms with Crippen LogP contribution in [-0.2, 0) is 4.79 Å². The predicted octanol–water partition coefficient (Wildman–Crippen LogP) is 3.15. The zero-order valence-corrected chi connectivity index (χ0v) is 8.47. The maximum atomic E-state index is 10.3. The minimum Gasteiger partial charge on any atom is -0.481 e. The average molecular weight is 182 g/mol. The monoisotopic (exact) mass is 182 g/mol. The highest BCUT2D eigenvalue weighted by molar-refractivity contribution is 5.69. The molecule has 2 heteroatoms. The van der Waals surface area contributed by atoms with Crippen LogP contribution >= 0.6 is 0 Å². The van der Waals surface area contributed by atoms with Gasteiger partial charge in [0.05, 0.1) is 6.42 Å². The zero-order valence-electron chi connectivity index (χ0n) is 8.47. The highest BCUT2D eigenvalue weighted by atomic mass is 16.4. The van der Waals surface area contributed by atoms with Gasteiger partial charge in [0.2, 0.25) is 0 Å². The van der Waals surface area contributed by atoms with E-state index in [1.807, 2.05) is 0 Å². The molecule has 0 bridgehead atoms. The van der Waals surface area contributed by atoms with Crippen LogP contribution in [0.25, 0.3) is 0 Å². The highest BCUT2D eigenvalue weighted by Crippen LogP contribution is 2.12. The second kappa shape index (κ2) is 6.46. The van der Waals surface area contributed by atoms with Gasteiger partial charge in [-0.1, -0.05) is 30.7 Å². The van der Waals surface area contributed by atoms with E-state index in [9.17, 15) is 4.79 Å². The molecule has 0 aromatic carbocycles. The Labute approximate surface area is 80.0 Å². The molecule has 0 spiro atoms. The van der Waals surface area contributed by atoms with Gasteiger partial charge in [-0.3, -0.25) is 4.79 Å². The van der Waals surface area contributed by atoms with E-state index in [2.05, 4.69) is 26.5 Å². The molecule has 13 heavy (non-hydrogen) atoms. The van der Waals surface area contributed by atoms with E-state index in [4.69, 9.17) is 5.11 Å². The van der Waals surface area contributed by atoms with E-state index in [1.54, 1.807) is 0 Å². The van der Waals surface area contributed by atoms with Crippen LogP contribution in [0.2, 0.25) is 0 Å². The van der Waals surface area contributed by atoms with Gasteiger partial charge in [0.25, 0.3) is 0 Å². The number of hydrogen-bond donors (Lipinski definition) is 1. The van der Waals surface area contributed by atoms with Crippen molar-refractivity contribution in [3.8, 4) is 0 Å². The van der Waals surface area contributed by atoms with Crippen LogP contribution in [0.4, 0.5) is 0 Å². The quantitative estimate of drug-likeness (QED) is 0.641. The lowest BCUT2D eigenvalue weighted by molar-refractivity contribution is -0.136. The third-order valence-corrected chi connectivity index (χ3v) is 1.83. The molecule has 0 aromatic rings. The molecule has 0 rings (SSSR count). The van der Waals surface area contributed by atoms with E-state index in [0.29, 0.717) is 0 Å². The van der Waals surface area contributed by atoms with E-state index in [1.165, 1.54) is 5.57 Å². The number of carboxylic acids is 1. The molecule has 0 aliphatic carbocycles. The lowest BCUT2D eigenvalue weighted by Crippen LogP contribution is -1.96. The number of carbonyl (C=O) groups is 1. The second-order valence-electron chi connectivity index (χ2n) is 3.28. The molecular weight excluding hydrogens is 164 g/mol. The molecule has 0 saturated heterocycles. The van der Waals surface area contributed by atoms with Gasteiger partial charge in [-0.25, -0.2) is 0 Å². The molecule has 0 aromatic heterocycles. The van der Waals surface area contributed by atoms with Crippen molar-refractivity contribution in [2.45, 2.75) is 39.5 Å². The van der Waals surface area contributed by atoms with E-state index >= 15 is 0 Å². The third-order valence-electron chi connectivity index (χ3n) is 1.83. The zero-order chi connectivity index (χ0) is 10.3. The van der Waals surface area contributed by atoms with Crippen LogP contribution in [-0.4, -0.2) is 11.1 Å². The Morgan fingerprint density at radius 3 is 2.54 bits per heavy atom. The molecule has 0 radical (unpaired) electrons. The van der Waals surface area contributed by atoms with Crippen LogP contribution < -0.4 is 0 Å². The van der Waals surface area contributed by atoms with Crippen molar-refractivity contribution in [1.29, 1.82) is 0 Å². The molecule has 74 valence electrons. The predicted molar refractivity (Wildman–Crippen MR) is 54.7 cm³/mol. The Bertz CT molecular complexity index is 214. The summed E-state index contributed by atoms with van der Waals surface area (Å²) in [5.74, 6) is -0.790. The fourth-order valence-electron chi connectivity index (χ4n) is 1.13. The van der Waals surface area contributed by atoms with Crippen LogP contribution in [0.15, 0.2) is 23.8 Å². The molecule has 2 nitrogen and oxygen atoms in total. The lowest BCUT2D eigenvalue weighted by atomic mass is 10.0. The third kappa shape index (κ3) is 7.32. The first-order valence-electron chi connectivity index (χ1n) is 4.60. The summed E-state index contributed by atoms with van der Waals surface area (Å²) >= 11 is 0. The van der Waals surface area contributed by atoms with Gasteiger partial charge in [0.15, 0.2) is 0 Å². The number of carboxylic acid groups (broad SMARTS) is 1. The maximum Gasteiger partial charge on any atom is 0.307 e. The van der Waals surface area contributed by atoms with Crippen molar-refractivity contribution in [3.05, 3.63) is 23.8 Å². The molecule has 0 heterocycles. The minimum atomic E-state index is -0.790. The van der Waals surface area contributed by atoms with Gasteiger partial charge < -0.3 is 5.11 Å². The summed E-state index contributed by atoms with van der Waals surface area (Å²) in [6.07, 6.45) is 5.01. The number of hydrogen-bond acceptors (Lipinski definition) is 1. The largest absolute Gasteiger partial charge is 0.481 e. The second-order valence-corrected chi connectivity index (χ2v) is 3.28. The standard InChI is InChI=1S/C11H18O2/c1-4-5-9(2)6-7-10(3)8-11(12)13/h5H,3-4,6-8H2,1-2H3,(H,12,13)/b9-5-. The van der Waals surface area contributed by atoms with Gasteiger partial charge in [0, 0.05) is 0 Å². The summed E-state index contributed by atoms with van der Waals surface area (Å²) in [6.45, 7) is 7.88. The Kier molecular flexibility index (Phi) is 5.94. The molecule has 0 saturated carbocycles. The summed E-state index contributed by atoms with van der Waals surface area (Å²) in [5, 5.41) is 8.48. The summed E-state index contributed by atoms with van der Waals surface area (Å²) in [6, 6.07) is 0. The number of rotatable bonds is 6. The van der Waals surface area contributed by atoms with Crippen molar-refractivity contribution in [2.24, 2.45) is 0 Å². The Morgan fingerprint density at radius 1 is 1.46 bits per heavy atom. The Morgan fingerprint density at radius 2 is 2.08 bits per heavy atom. The van der Waals surface area contributed by atoms with Gasteiger partial charge >= 0.3 is 5.97 Å². The first kappa shape index (κ1) is 11.9. The van der Waals surface area contributed by atoms with Gasteiger partial charge in [-0.05, 0) is 26.2 Å². The number of allylic oxidation sites excluding steroid dienone is 2. The van der Waals surface area contributed by atoms with Crippen molar-refractivity contribution < 1.29 is 9.90 Å². The molecule has 0 unspecified atom stereocenters. The maximum absolute atomic E-state index is 10.3. The van der Waals surface area contributed by atoms with Crippen LogP contribution in [0.1, 0.15) is 39.5 Å². The van der Waals surface area contributed by atoms with Gasteiger partial charge in [-0.15, -0.1) is 0 Å². The van der Waals surface area contributed by atoms with E-state index in [0.717, 1.165) is 24.8 Å². The van der Waals surface area contributed by atoms with Gasteiger partial charge in [-0.2, -0.15) is 0 Å². The number of aliphatic carboxylic acids is 1. The summed E-state index contributed by atoms with van der Waals surface area (Å²) in [4.78, 5) is 10.3. The lowest BCUT2D eigenvalue weighted by Gasteiger charge is -2.02. The van der Waals surface area contributed by atoms with Crippen molar-refractivity contribution in [3.63, 3.8) is 0 Å². The topological polar surface area (TPSA) is 37.3 Å². The van der Waals surface area contributed by atoms with Crippen LogP contribution in [0.3, 0.4) is 0 Å².